The molecule has 0 heterocycles. The molecule has 26 heavy (non-hydrogen) atoms. The minimum atomic E-state index is -2.32. The van der Waals surface area contributed by atoms with Gasteiger partial charge in [0.25, 0.3) is 10.2 Å². The van der Waals surface area contributed by atoms with E-state index in [4.69, 9.17) is 27.9 Å². The largest absolute Gasteiger partial charge is 0.497 e. The van der Waals surface area contributed by atoms with Crippen molar-refractivity contribution >= 4 is 52.2 Å². The Hall–Kier alpha value is -2.57. The molecule has 0 aliphatic rings. The van der Waals surface area contributed by atoms with Gasteiger partial charge < -0.3 is 15.4 Å². The molecular weight excluding hydrogens is 379 g/mol. The monoisotopic (exact) mass is 394 g/mol. The van der Waals surface area contributed by atoms with Crippen LogP contribution in [0.4, 0.5) is 11.4 Å². The molecule has 0 fully saturated rings. The highest BCUT2D eigenvalue weighted by atomic mass is 35.5. The topological polar surface area (TPSA) is 84.5 Å². The molecule has 0 saturated carbocycles. The number of halogens is 2. The van der Waals surface area contributed by atoms with Crippen molar-refractivity contribution in [1.82, 2.24) is 0 Å². The molecule has 136 valence electrons. The third kappa shape index (κ3) is 4.74. The second-order valence-corrected chi connectivity index (χ2v) is 6.68. The van der Waals surface area contributed by atoms with E-state index in [1.165, 1.54) is 32.2 Å². The molecule has 2 aromatic carbocycles. The third-order valence-corrected chi connectivity index (χ3v) is 4.05. The quantitative estimate of drug-likeness (QED) is 0.444. The molecule has 0 atom stereocenters. The lowest BCUT2D eigenvalue weighted by atomic mass is 10.1. The number of nitrogens with one attached hydrogen (secondary N) is 2. The summed E-state index contributed by atoms with van der Waals surface area (Å²) in [5, 5.41) is 5.05. The van der Waals surface area contributed by atoms with Crippen LogP contribution in [-0.4, -0.2) is 29.0 Å². The fourth-order valence-electron chi connectivity index (χ4n) is 2.11. The number of hydrogen-bond donors (Lipinski definition) is 2. The van der Waals surface area contributed by atoms with E-state index in [0.717, 1.165) is 0 Å². The zero-order valence-electron chi connectivity index (χ0n) is 14.0. The number of carbonyl (C=O) groups is 3. The lowest BCUT2D eigenvalue weighted by Crippen LogP contribution is -2.40. The summed E-state index contributed by atoms with van der Waals surface area (Å²) in [6, 6.07) is 12.4. The van der Waals surface area contributed by atoms with Crippen LogP contribution >= 0.6 is 23.2 Å². The number of anilines is 2. The van der Waals surface area contributed by atoms with Crippen molar-refractivity contribution in [2.75, 3.05) is 17.7 Å². The number of ether oxygens (including phenoxy) is 1. The maximum atomic E-state index is 12.5. The summed E-state index contributed by atoms with van der Waals surface area (Å²) in [7, 11) is 1.49. The number of amides is 2. The summed E-state index contributed by atoms with van der Waals surface area (Å²) in [5.41, 5.74) is 0.971. The molecule has 0 radical (unpaired) electrons. The molecule has 0 aromatic heterocycles. The zero-order valence-corrected chi connectivity index (χ0v) is 15.5. The Morgan fingerprint density at radius 1 is 0.962 bits per heavy atom. The summed E-state index contributed by atoms with van der Waals surface area (Å²) in [4.78, 5) is 36.0. The van der Waals surface area contributed by atoms with Gasteiger partial charge in [-0.25, -0.2) is 0 Å². The average Bonchev–Trinajstić information content (AvgIpc) is 2.60. The van der Waals surface area contributed by atoms with E-state index in [9.17, 15) is 14.4 Å². The van der Waals surface area contributed by atoms with Gasteiger partial charge in [-0.1, -0.05) is 29.3 Å². The number of ketones is 1. The van der Waals surface area contributed by atoms with Crippen LogP contribution in [0.25, 0.3) is 0 Å². The predicted octanol–water partition coefficient (Wildman–Crippen LogP) is 3.65. The molecule has 2 N–H and O–H groups in total. The molecule has 2 aromatic rings. The number of alkyl halides is 2. The van der Waals surface area contributed by atoms with E-state index in [1.807, 2.05) is 0 Å². The Kier molecular flexibility index (Phi) is 6.23. The molecule has 2 amide bonds. The predicted molar refractivity (Wildman–Crippen MR) is 101 cm³/mol. The van der Waals surface area contributed by atoms with Gasteiger partial charge in [0.15, 0.2) is 0 Å². The molecule has 6 nitrogen and oxygen atoms in total. The van der Waals surface area contributed by atoms with Gasteiger partial charge in [0.2, 0.25) is 11.7 Å². The number of methoxy groups -OCH3 is 1. The Morgan fingerprint density at radius 3 is 2.08 bits per heavy atom. The second-order valence-electron chi connectivity index (χ2n) is 5.35. The first-order chi connectivity index (χ1) is 12.2. The summed E-state index contributed by atoms with van der Waals surface area (Å²) < 4.78 is 2.69. The minimum absolute atomic E-state index is 0.165. The summed E-state index contributed by atoms with van der Waals surface area (Å²) in [6.45, 7) is 1.36. The van der Waals surface area contributed by atoms with Crippen molar-refractivity contribution < 1.29 is 19.1 Å². The van der Waals surface area contributed by atoms with Crippen LogP contribution in [0.3, 0.4) is 0 Å². The molecule has 0 spiro atoms. The van der Waals surface area contributed by atoms with Crippen molar-refractivity contribution in [3.63, 3.8) is 0 Å². The Balaban J connectivity index is 2.16. The first kappa shape index (κ1) is 19.8. The first-order valence-electron chi connectivity index (χ1n) is 7.50. The van der Waals surface area contributed by atoms with E-state index >= 15 is 0 Å². The second kappa shape index (κ2) is 8.21. The summed E-state index contributed by atoms with van der Waals surface area (Å²) >= 11 is 12.0. The van der Waals surface area contributed by atoms with Crippen LogP contribution in [0.15, 0.2) is 48.5 Å². The Labute approximate surface area is 160 Å². The van der Waals surface area contributed by atoms with Crippen LogP contribution in [0.5, 0.6) is 5.75 Å². The molecule has 2 rings (SSSR count). The van der Waals surface area contributed by atoms with Gasteiger partial charge in [-0.3, -0.25) is 14.4 Å². The summed E-state index contributed by atoms with van der Waals surface area (Å²) in [6.07, 6.45) is 0. The van der Waals surface area contributed by atoms with Crippen molar-refractivity contribution in [2.45, 2.75) is 11.3 Å². The van der Waals surface area contributed by atoms with Gasteiger partial charge in [0.05, 0.1) is 7.11 Å². The van der Waals surface area contributed by atoms with Gasteiger partial charge in [-0.2, -0.15) is 0 Å². The number of carbonyl (C=O) groups excluding carboxylic acids is 3. The molecule has 0 aliphatic heterocycles. The van der Waals surface area contributed by atoms with Crippen LogP contribution < -0.4 is 15.4 Å². The molecule has 0 saturated heterocycles. The van der Waals surface area contributed by atoms with Crippen LogP contribution in [0.2, 0.25) is 0 Å². The maximum Gasteiger partial charge on any atom is 0.269 e. The fraction of sp³-hybridized carbons (Fsp3) is 0.167. The standard InChI is InChI=1S/C18H16Cl2N2O4/c1-11(23)21-13-4-3-5-14(10-13)22-17(25)18(19,20)16(24)12-6-8-15(26-2)9-7-12/h3-10H,1-2H3,(H,21,23)(H,22,25). The van der Waals surface area contributed by atoms with Gasteiger partial charge in [-0.05, 0) is 42.5 Å². The lowest BCUT2D eigenvalue weighted by Gasteiger charge is -2.18. The van der Waals surface area contributed by atoms with Crippen LogP contribution in [-0.2, 0) is 9.59 Å². The number of hydrogen-bond acceptors (Lipinski definition) is 4. The molecular formula is C18H16Cl2N2O4. The first-order valence-corrected chi connectivity index (χ1v) is 8.25. The Bertz CT molecular complexity index is 835. The van der Waals surface area contributed by atoms with Crippen molar-refractivity contribution in [1.29, 1.82) is 0 Å². The van der Waals surface area contributed by atoms with Crippen molar-refractivity contribution in [2.24, 2.45) is 0 Å². The molecule has 0 aliphatic carbocycles. The maximum absolute atomic E-state index is 12.5. The van der Waals surface area contributed by atoms with Crippen molar-refractivity contribution in [3.05, 3.63) is 54.1 Å². The van der Waals surface area contributed by atoms with Gasteiger partial charge in [0.1, 0.15) is 5.75 Å². The van der Waals surface area contributed by atoms with Gasteiger partial charge >= 0.3 is 0 Å². The van der Waals surface area contributed by atoms with E-state index in [-0.39, 0.29) is 11.5 Å². The molecule has 8 heteroatoms. The van der Waals surface area contributed by atoms with E-state index in [1.54, 1.807) is 30.3 Å². The highest BCUT2D eigenvalue weighted by molar-refractivity contribution is 6.70. The molecule has 0 bridgehead atoms. The third-order valence-electron chi connectivity index (χ3n) is 3.36. The number of rotatable bonds is 6. The minimum Gasteiger partial charge on any atom is -0.497 e. The SMILES string of the molecule is COc1ccc(C(=O)C(Cl)(Cl)C(=O)Nc2cccc(NC(C)=O)c2)cc1. The fourth-order valence-corrected chi connectivity index (χ4v) is 2.43. The molecule has 0 unspecified atom stereocenters. The normalized spacial score (nSPS) is 10.8. The Morgan fingerprint density at radius 2 is 1.54 bits per heavy atom. The zero-order chi connectivity index (χ0) is 19.3. The highest BCUT2D eigenvalue weighted by Crippen LogP contribution is 2.29. The smallest absolute Gasteiger partial charge is 0.269 e. The van der Waals surface area contributed by atoms with Gasteiger partial charge in [0, 0.05) is 23.9 Å². The lowest BCUT2D eigenvalue weighted by molar-refractivity contribution is -0.116. The summed E-state index contributed by atoms with van der Waals surface area (Å²) in [5.74, 6) is -1.37. The van der Waals surface area contributed by atoms with Crippen LogP contribution in [0.1, 0.15) is 17.3 Å². The number of benzene rings is 2. The average molecular weight is 395 g/mol. The van der Waals surface area contributed by atoms with Crippen molar-refractivity contribution in [3.8, 4) is 5.75 Å². The van der Waals surface area contributed by atoms with E-state index < -0.39 is 16.0 Å². The number of Topliss-reactive ketones (excluding diaryl/α,β-unsaturated/α-hetero) is 1. The highest BCUT2D eigenvalue weighted by Gasteiger charge is 2.42. The van der Waals surface area contributed by atoms with E-state index in [2.05, 4.69) is 10.6 Å². The van der Waals surface area contributed by atoms with Crippen LogP contribution in [0, 0.1) is 0 Å². The van der Waals surface area contributed by atoms with E-state index in [0.29, 0.717) is 17.1 Å². The van der Waals surface area contributed by atoms with Gasteiger partial charge in [-0.15, -0.1) is 0 Å².